The fourth-order valence-electron chi connectivity index (χ4n) is 1.83. The zero-order valence-corrected chi connectivity index (χ0v) is 10.1. The maximum atomic E-state index is 11.8. The van der Waals surface area contributed by atoms with Gasteiger partial charge in [0.2, 0.25) is 0 Å². The van der Waals surface area contributed by atoms with Gasteiger partial charge in [-0.1, -0.05) is 6.07 Å². The molecule has 19 heavy (non-hydrogen) atoms. The van der Waals surface area contributed by atoms with E-state index in [2.05, 4.69) is 10.3 Å². The largest absolute Gasteiger partial charge is 0.490 e. The van der Waals surface area contributed by atoms with Gasteiger partial charge in [0.25, 0.3) is 0 Å². The average Bonchev–Trinajstić information content (AvgIpc) is 2.48. The van der Waals surface area contributed by atoms with E-state index in [1.54, 1.807) is 42.6 Å². The van der Waals surface area contributed by atoms with Crippen LogP contribution in [0.4, 0.5) is 5.69 Å². The van der Waals surface area contributed by atoms with Crippen molar-refractivity contribution in [1.29, 1.82) is 0 Å². The number of aromatic nitrogens is 1. The van der Waals surface area contributed by atoms with Crippen molar-refractivity contribution in [3.05, 3.63) is 48.3 Å². The summed E-state index contributed by atoms with van der Waals surface area (Å²) in [6.07, 6.45) is 1.55. The van der Waals surface area contributed by atoms with Gasteiger partial charge in [0.05, 0.1) is 5.69 Å². The Morgan fingerprint density at radius 2 is 2.26 bits per heavy atom. The van der Waals surface area contributed by atoms with Gasteiger partial charge in [-0.25, -0.2) is 9.78 Å². The number of fused-ring (bicyclic) bond motifs is 1. The molecular weight excluding hydrogens is 244 g/mol. The molecular formula is C14H12N2O3. The molecule has 1 aromatic heterocycles. The number of hydrogen-bond donors (Lipinski definition) is 1. The third-order valence-electron chi connectivity index (χ3n) is 2.71. The summed E-state index contributed by atoms with van der Waals surface area (Å²) >= 11 is 0. The summed E-state index contributed by atoms with van der Waals surface area (Å²) in [5.74, 6) is 0.758. The quantitative estimate of drug-likeness (QED) is 0.658. The first-order chi connectivity index (χ1) is 9.33. The summed E-state index contributed by atoms with van der Waals surface area (Å²) < 4.78 is 10.7. The van der Waals surface area contributed by atoms with Crippen LogP contribution in [-0.2, 0) is 0 Å². The second-order valence-electron chi connectivity index (χ2n) is 4.04. The molecule has 0 aliphatic carbocycles. The molecule has 1 aromatic carbocycles. The van der Waals surface area contributed by atoms with Crippen LogP contribution in [0, 0.1) is 0 Å². The van der Waals surface area contributed by atoms with E-state index in [1.165, 1.54) is 0 Å². The van der Waals surface area contributed by atoms with Gasteiger partial charge in [0.1, 0.15) is 23.8 Å². The molecule has 1 N–H and O–H groups in total. The molecule has 0 radical (unpaired) electrons. The molecule has 5 nitrogen and oxygen atoms in total. The van der Waals surface area contributed by atoms with Crippen LogP contribution < -0.4 is 14.8 Å². The fraction of sp³-hybridized carbons (Fsp3) is 0.143. The number of rotatable bonds is 2. The van der Waals surface area contributed by atoms with Crippen molar-refractivity contribution in [2.45, 2.75) is 0 Å². The Bertz CT molecular complexity index is 599. The maximum Gasteiger partial charge on any atom is 0.362 e. The molecule has 1 aliphatic heterocycles. The topological polar surface area (TPSA) is 60.5 Å². The lowest BCUT2D eigenvalue weighted by Gasteiger charge is -2.19. The van der Waals surface area contributed by atoms with Gasteiger partial charge in [0, 0.05) is 18.8 Å². The highest BCUT2D eigenvalue weighted by molar-refractivity contribution is 5.89. The number of esters is 1. The highest BCUT2D eigenvalue weighted by Crippen LogP contribution is 2.31. The molecule has 0 unspecified atom stereocenters. The Kier molecular flexibility index (Phi) is 3.02. The number of nitrogens with zero attached hydrogens (tertiary/aromatic N) is 1. The van der Waals surface area contributed by atoms with E-state index < -0.39 is 5.97 Å². The molecule has 0 fully saturated rings. The Morgan fingerprint density at radius 1 is 1.32 bits per heavy atom. The van der Waals surface area contributed by atoms with Gasteiger partial charge in [0.15, 0.2) is 0 Å². The third kappa shape index (κ3) is 2.49. The summed E-state index contributed by atoms with van der Waals surface area (Å²) in [6, 6.07) is 10.3. The lowest BCUT2D eigenvalue weighted by atomic mass is 10.2. The van der Waals surface area contributed by atoms with Crippen molar-refractivity contribution < 1.29 is 14.3 Å². The number of hydrogen-bond acceptors (Lipinski definition) is 5. The zero-order valence-electron chi connectivity index (χ0n) is 10.1. The van der Waals surface area contributed by atoms with E-state index in [9.17, 15) is 4.79 Å². The standard InChI is InChI=1S/C14H12N2O3/c17-14(11-3-1-2-6-15-11)19-10-4-5-13-12(9-10)16-7-8-18-13/h1-6,9,16H,7-8H2. The Labute approximate surface area is 110 Å². The van der Waals surface area contributed by atoms with Crippen molar-refractivity contribution in [2.24, 2.45) is 0 Å². The van der Waals surface area contributed by atoms with Gasteiger partial charge in [-0.3, -0.25) is 0 Å². The Morgan fingerprint density at radius 3 is 3.11 bits per heavy atom. The number of nitrogens with one attached hydrogen (secondary N) is 1. The van der Waals surface area contributed by atoms with Gasteiger partial charge < -0.3 is 14.8 Å². The first kappa shape index (κ1) is 11.5. The van der Waals surface area contributed by atoms with E-state index in [0.29, 0.717) is 12.4 Å². The van der Waals surface area contributed by atoms with Gasteiger partial charge in [-0.15, -0.1) is 0 Å². The minimum atomic E-state index is -0.475. The van der Waals surface area contributed by atoms with Crippen molar-refractivity contribution >= 4 is 11.7 Å². The van der Waals surface area contributed by atoms with Crippen LogP contribution in [0.5, 0.6) is 11.5 Å². The summed E-state index contributed by atoms with van der Waals surface area (Å²) in [6.45, 7) is 1.38. The maximum absolute atomic E-state index is 11.8. The Balaban J connectivity index is 1.78. The zero-order chi connectivity index (χ0) is 13.1. The molecule has 0 bridgehead atoms. The van der Waals surface area contributed by atoms with E-state index in [0.717, 1.165) is 18.0 Å². The minimum Gasteiger partial charge on any atom is -0.490 e. The van der Waals surface area contributed by atoms with Crippen molar-refractivity contribution in [3.63, 3.8) is 0 Å². The van der Waals surface area contributed by atoms with Crippen LogP contribution in [0.1, 0.15) is 10.5 Å². The van der Waals surface area contributed by atoms with Gasteiger partial charge in [-0.05, 0) is 24.3 Å². The minimum absolute atomic E-state index is 0.282. The van der Waals surface area contributed by atoms with Crippen LogP contribution in [0.3, 0.4) is 0 Å². The molecule has 1 aliphatic rings. The molecule has 0 saturated heterocycles. The Hall–Kier alpha value is -2.56. The van der Waals surface area contributed by atoms with Crippen LogP contribution >= 0.6 is 0 Å². The molecule has 96 valence electrons. The smallest absolute Gasteiger partial charge is 0.362 e. The van der Waals surface area contributed by atoms with E-state index in [1.807, 2.05) is 0 Å². The number of carbonyl (C=O) groups is 1. The van der Waals surface area contributed by atoms with Crippen molar-refractivity contribution in [3.8, 4) is 11.5 Å². The predicted octanol–water partition coefficient (Wildman–Crippen LogP) is 2.11. The number of pyridine rings is 1. The monoisotopic (exact) mass is 256 g/mol. The van der Waals surface area contributed by atoms with Gasteiger partial charge >= 0.3 is 5.97 Å². The highest BCUT2D eigenvalue weighted by Gasteiger charge is 2.13. The number of ether oxygens (including phenoxy) is 2. The second-order valence-corrected chi connectivity index (χ2v) is 4.04. The molecule has 0 saturated carbocycles. The highest BCUT2D eigenvalue weighted by atomic mass is 16.5. The molecule has 5 heteroatoms. The lowest BCUT2D eigenvalue weighted by molar-refractivity contribution is 0.0728. The second kappa shape index (κ2) is 4.97. The molecule has 0 spiro atoms. The molecule has 0 amide bonds. The normalized spacial score (nSPS) is 12.8. The van der Waals surface area contributed by atoms with Crippen LogP contribution in [0.25, 0.3) is 0 Å². The van der Waals surface area contributed by atoms with Crippen LogP contribution in [0.2, 0.25) is 0 Å². The fourth-order valence-corrected chi connectivity index (χ4v) is 1.83. The van der Waals surface area contributed by atoms with Crippen molar-refractivity contribution in [2.75, 3.05) is 18.5 Å². The number of carbonyl (C=O) groups excluding carboxylic acids is 1. The molecule has 2 aromatic rings. The number of anilines is 1. The summed E-state index contributed by atoms with van der Waals surface area (Å²) in [5.41, 5.74) is 1.11. The SMILES string of the molecule is O=C(Oc1ccc2c(c1)NCCO2)c1ccccn1. The van der Waals surface area contributed by atoms with E-state index in [4.69, 9.17) is 9.47 Å². The van der Waals surface area contributed by atoms with E-state index >= 15 is 0 Å². The predicted molar refractivity (Wildman–Crippen MR) is 69.6 cm³/mol. The first-order valence-electron chi connectivity index (χ1n) is 5.97. The first-order valence-corrected chi connectivity index (χ1v) is 5.97. The summed E-state index contributed by atoms with van der Waals surface area (Å²) in [4.78, 5) is 15.8. The summed E-state index contributed by atoms with van der Waals surface area (Å²) in [7, 11) is 0. The lowest BCUT2D eigenvalue weighted by Crippen LogP contribution is -2.18. The van der Waals surface area contributed by atoms with Crippen LogP contribution in [-0.4, -0.2) is 24.1 Å². The summed E-state index contributed by atoms with van der Waals surface area (Å²) in [5, 5.41) is 3.18. The van der Waals surface area contributed by atoms with Gasteiger partial charge in [-0.2, -0.15) is 0 Å². The molecule has 0 atom stereocenters. The van der Waals surface area contributed by atoms with Crippen molar-refractivity contribution in [1.82, 2.24) is 4.98 Å². The number of benzene rings is 1. The third-order valence-corrected chi connectivity index (χ3v) is 2.71. The van der Waals surface area contributed by atoms with E-state index in [-0.39, 0.29) is 5.69 Å². The average molecular weight is 256 g/mol. The molecule has 2 heterocycles. The van der Waals surface area contributed by atoms with Crippen LogP contribution in [0.15, 0.2) is 42.6 Å². The molecule has 3 rings (SSSR count).